The number of nitrogens with zero attached hydrogens (tertiary/aromatic N) is 4. The number of nitrogens with one attached hydrogen (secondary N) is 1. The van der Waals surface area contributed by atoms with E-state index in [4.69, 9.17) is 4.74 Å². The molecule has 7 heteroatoms. The number of rotatable bonds is 4. The van der Waals surface area contributed by atoms with Crippen LogP contribution in [0, 0.1) is 5.41 Å². The highest BCUT2D eigenvalue weighted by molar-refractivity contribution is 4.84. The molecule has 0 bridgehead atoms. The van der Waals surface area contributed by atoms with Crippen molar-refractivity contribution in [3.8, 4) is 0 Å². The lowest BCUT2D eigenvalue weighted by molar-refractivity contribution is -0.125. The van der Waals surface area contributed by atoms with E-state index in [1.165, 1.54) is 0 Å². The SMILES string of the molecule is CC(C)(C)C1CN(C(O)CCc2nn[nH]n2)CCO1. The number of aromatic nitrogens is 4. The minimum absolute atomic E-state index is 0.0893. The fourth-order valence-electron chi connectivity index (χ4n) is 2.19. The molecule has 1 fully saturated rings. The number of aryl methyl sites for hydroxylation is 1. The lowest BCUT2D eigenvalue weighted by atomic mass is 9.88. The van der Waals surface area contributed by atoms with Gasteiger partial charge in [-0.3, -0.25) is 4.90 Å². The lowest BCUT2D eigenvalue weighted by Gasteiger charge is -2.41. The fraction of sp³-hybridized carbons (Fsp3) is 0.917. The van der Waals surface area contributed by atoms with Gasteiger partial charge in [0.05, 0.1) is 12.7 Å². The highest BCUT2D eigenvalue weighted by Crippen LogP contribution is 2.26. The largest absolute Gasteiger partial charge is 0.378 e. The first-order valence-corrected chi connectivity index (χ1v) is 6.73. The average Bonchev–Trinajstić information content (AvgIpc) is 2.88. The van der Waals surface area contributed by atoms with Crippen molar-refractivity contribution in [1.82, 2.24) is 25.5 Å². The van der Waals surface area contributed by atoms with Gasteiger partial charge in [0.1, 0.15) is 6.23 Å². The van der Waals surface area contributed by atoms with E-state index in [0.717, 1.165) is 13.1 Å². The number of aliphatic hydroxyl groups is 1. The molecular weight excluding hydrogens is 246 g/mol. The standard InChI is InChI=1S/C12H23N5O2/c1-12(2,3)9-8-17(6-7-19-9)11(18)5-4-10-13-15-16-14-10/h9,11,18H,4-8H2,1-3H3,(H,13,14,15,16). The Kier molecular flexibility index (Phi) is 4.49. The Bertz CT molecular complexity index is 376. The van der Waals surface area contributed by atoms with Gasteiger partial charge in [0.25, 0.3) is 0 Å². The zero-order chi connectivity index (χ0) is 13.9. The van der Waals surface area contributed by atoms with Crippen molar-refractivity contribution in [2.24, 2.45) is 5.41 Å². The average molecular weight is 269 g/mol. The second kappa shape index (κ2) is 5.94. The summed E-state index contributed by atoms with van der Waals surface area (Å²) in [6.07, 6.45) is 0.902. The van der Waals surface area contributed by atoms with Crippen LogP contribution in [-0.4, -0.2) is 62.7 Å². The Morgan fingerprint density at radius 2 is 2.32 bits per heavy atom. The maximum atomic E-state index is 10.2. The van der Waals surface area contributed by atoms with E-state index in [0.29, 0.717) is 25.3 Å². The molecule has 108 valence electrons. The van der Waals surface area contributed by atoms with Gasteiger partial charge in [0, 0.05) is 19.5 Å². The number of hydrogen-bond donors (Lipinski definition) is 2. The summed E-state index contributed by atoms with van der Waals surface area (Å²) in [7, 11) is 0. The number of ether oxygens (including phenoxy) is 1. The summed E-state index contributed by atoms with van der Waals surface area (Å²) in [5, 5.41) is 23.9. The van der Waals surface area contributed by atoms with Gasteiger partial charge >= 0.3 is 0 Å². The first kappa shape index (κ1) is 14.4. The van der Waals surface area contributed by atoms with E-state index in [9.17, 15) is 5.11 Å². The molecule has 2 rings (SSSR count). The molecule has 2 N–H and O–H groups in total. The van der Waals surface area contributed by atoms with Gasteiger partial charge < -0.3 is 9.84 Å². The molecule has 0 saturated carbocycles. The topological polar surface area (TPSA) is 87.2 Å². The molecule has 19 heavy (non-hydrogen) atoms. The van der Waals surface area contributed by atoms with Crippen LogP contribution in [0.2, 0.25) is 0 Å². The highest BCUT2D eigenvalue weighted by atomic mass is 16.5. The van der Waals surface area contributed by atoms with Gasteiger partial charge in [-0.1, -0.05) is 26.0 Å². The fourth-order valence-corrected chi connectivity index (χ4v) is 2.19. The van der Waals surface area contributed by atoms with Crippen LogP contribution in [0.1, 0.15) is 33.0 Å². The third-order valence-corrected chi connectivity index (χ3v) is 3.50. The van der Waals surface area contributed by atoms with Crippen LogP contribution in [-0.2, 0) is 11.2 Å². The summed E-state index contributed by atoms with van der Waals surface area (Å²) in [6.45, 7) is 8.67. The van der Waals surface area contributed by atoms with Gasteiger partial charge in [0.2, 0.25) is 0 Å². The normalized spacial score (nSPS) is 23.5. The Labute approximate surface area is 113 Å². The number of H-pyrrole nitrogens is 1. The van der Waals surface area contributed by atoms with Crippen LogP contribution in [0.25, 0.3) is 0 Å². The van der Waals surface area contributed by atoms with Crippen molar-refractivity contribution in [2.45, 2.75) is 45.9 Å². The number of aliphatic hydroxyl groups excluding tert-OH is 1. The maximum Gasteiger partial charge on any atom is 0.174 e. The molecule has 0 aliphatic carbocycles. The van der Waals surface area contributed by atoms with E-state index in [2.05, 4.69) is 46.3 Å². The summed E-state index contributed by atoms with van der Waals surface area (Å²) in [4.78, 5) is 2.07. The van der Waals surface area contributed by atoms with Crippen LogP contribution in [0.15, 0.2) is 0 Å². The Morgan fingerprint density at radius 1 is 1.53 bits per heavy atom. The lowest BCUT2D eigenvalue weighted by Crippen LogP contribution is -2.51. The quantitative estimate of drug-likeness (QED) is 0.812. The zero-order valence-corrected chi connectivity index (χ0v) is 11.8. The molecule has 1 aliphatic rings. The second-order valence-corrected chi connectivity index (χ2v) is 6.07. The zero-order valence-electron chi connectivity index (χ0n) is 11.8. The Balaban J connectivity index is 1.83. The molecule has 7 nitrogen and oxygen atoms in total. The molecule has 1 aromatic rings. The van der Waals surface area contributed by atoms with Gasteiger partial charge in [-0.2, -0.15) is 5.21 Å². The monoisotopic (exact) mass is 269 g/mol. The number of hydrogen-bond acceptors (Lipinski definition) is 6. The third-order valence-electron chi connectivity index (χ3n) is 3.50. The molecule has 0 aromatic carbocycles. The second-order valence-electron chi connectivity index (χ2n) is 6.07. The predicted octanol–water partition coefficient (Wildman–Crippen LogP) is 0.198. The minimum Gasteiger partial charge on any atom is -0.378 e. The van der Waals surface area contributed by atoms with E-state index in [1.54, 1.807) is 0 Å². The van der Waals surface area contributed by atoms with Crippen LogP contribution in [0.4, 0.5) is 0 Å². The van der Waals surface area contributed by atoms with Crippen molar-refractivity contribution in [3.63, 3.8) is 0 Å². The van der Waals surface area contributed by atoms with Crippen molar-refractivity contribution >= 4 is 0 Å². The summed E-state index contributed by atoms with van der Waals surface area (Å²) in [5.41, 5.74) is 0.0893. The first-order chi connectivity index (χ1) is 8.97. The summed E-state index contributed by atoms with van der Waals surface area (Å²) in [5.74, 6) is 0.639. The van der Waals surface area contributed by atoms with Crippen LogP contribution in [0.5, 0.6) is 0 Å². The van der Waals surface area contributed by atoms with E-state index in [-0.39, 0.29) is 11.5 Å². The predicted molar refractivity (Wildman–Crippen MR) is 69.3 cm³/mol. The van der Waals surface area contributed by atoms with E-state index < -0.39 is 6.23 Å². The summed E-state index contributed by atoms with van der Waals surface area (Å²) < 4.78 is 5.78. The Morgan fingerprint density at radius 3 is 2.95 bits per heavy atom. The number of morpholine rings is 1. The molecule has 2 heterocycles. The summed E-state index contributed by atoms with van der Waals surface area (Å²) >= 11 is 0. The molecule has 0 spiro atoms. The van der Waals surface area contributed by atoms with Crippen LogP contribution < -0.4 is 0 Å². The molecule has 0 amide bonds. The van der Waals surface area contributed by atoms with Gasteiger partial charge in [0.15, 0.2) is 5.82 Å². The number of aromatic amines is 1. The minimum atomic E-state index is -0.479. The van der Waals surface area contributed by atoms with Gasteiger partial charge in [-0.25, -0.2) is 0 Å². The van der Waals surface area contributed by atoms with Crippen molar-refractivity contribution in [3.05, 3.63) is 5.82 Å². The van der Waals surface area contributed by atoms with E-state index in [1.807, 2.05) is 0 Å². The van der Waals surface area contributed by atoms with Gasteiger partial charge in [-0.05, 0) is 11.8 Å². The van der Waals surface area contributed by atoms with Crippen molar-refractivity contribution in [2.75, 3.05) is 19.7 Å². The smallest absolute Gasteiger partial charge is 0.174 e. The summed E-state index contributed by atoms with van der Waals surface area (Å²) in [6, 6.07) is 0. The Hall–Kier alpha value is -1.05. The molecule has 1 aromatic heterocycles. The molecule has 2 atom stereocenters. The maximum absolute atomic E-state index is 10.2. The number of tetrazole rings is 1. The molecule has 0 radical (unpaired) electrons. The van der Waals surface area contributed by atoms with Gasteiger partial charge in [-0.15, -0.1) is 10.2 Å². The van der Waals surface area contributed by atoms with Crippen LogP contribution in [0.3, 0.4) is 0 Å². The molecule has 1 saturated heterocycles. The third kappa shape index (κ3) is 3.95. The molecular formula is C12H23N5O2. The van der Waals surface area contributed by atoms with Crippen molar-refractivity contribution in [1.29, 1.82) is 0 Å². The molecule has 1 aliphatic heterocycles. The van der Waals surface area contributed by atoms with Crippen molar-refractivity contribution < 1.29 is 9.84 Å². The highest BCUT2D eigenvalue weighted by Gasteiger charge is 2.32. The molecule has 2 unspecified atom stereocenters. The first-order valence-electron chi connectivity index (χ1n) is 6.73. The van der Waals surface area contributed by atoms with E-state index >= 15 is 0 Å². The van der Waals surface area contributed by atoms with Crippen LogP contribution >= 0.6 is 0 Å².